The maximum Gasteiger partial charge on any atom is 0.324 e. The number of anilines is 2. The second-order valence-corrected chi connectivity index (χ2v) is 8.17. The SMILES string of the molecule is C[C@@H](Sc1nc(Nc2ccccc2Cl)c2ccccc2n1)C(=O)N1CCNC1=O. The van der Waals surface area contributed by atoms with Gasteiger partial charge >= 0.3 is 6.03 Å². The number of imide groups is 1. The Morgan fingerprint density at radius 3 is 2.72 bits per heavy atom. The minimum absolute atomic E-state index is 0.262. The van der Waals surface area contributed by atoms with Gasteiger partial charge in [0.25, 0.3) is 0 Å². The third kappa shape index (κ3) is 4.13. The standard InChI is InChI=1S/C20H18ClN5O2S/c1-12(18(27)26-11-10-22-20(26)28)29-19-24-15-8-4-2-6-13(15)17(25-19)23-16-9-5-3-7-14(16)21/h2-9,12H,10-11H2,1H3,(H,22,28)(H,23,24,25)/t12-/m1/s1. The van der Waals surface area contributed by atoms with E-state index in [9.17, 15) is 9.59 Å². The highest BCUT2D eigenvalue weighted by molar-refractivity contribution is 8.00. The van der Waals surface area contributed by atoms with Gasteiger partial charge in [-0.2, -0.15) is 0 Å². The van der Waals surface area contributed by atoms with E-state index in [0.717, 1.165) is 16.6 Å². The van der Waals surface area contributed by atoms with E-state index in [1.807, 2.05) is 42.5 Å². The minimum Gasteiger partial charge on any atom is -0.338 e. The average molecular weight is 428 g/mol. The number of nitrogens with zero attached hydrogens (tertiary/aromatic N) is 3. The van der Waals surface area contributed by atoms with Gasteiger partial charge in [0.15, 0.2) is 5.16 Å². The molecule has 1 aliphatic heterocycles. The normalized spacial score (nSPS) is 14.7. The van der Waals surface area contributed by atoms with Crippen LogP contribution in [0.5, 0.6) is 0 Å². The lowest BCUT2D eigenvalue weighted by molar-refractivity contribution is -0.126. The van der Waals surface area contributed by atoms with Crippen molar-refractivity contribution in [2.75, 3.05) is 18.4 Å². The fraction of sp³-hybridized carbons (Fsp3) is 0.200. The van der Waals surface area contributed by atoms with Gasteiger partial charge in [-0.15, -0.1) is 0 Å². The number of rotatable bonds is 5. The first-order valence-electron chi connectivity index (χ1n) is 9.07. The van der Waals surface area contributed by atoms with Crippen LogP contribution in [0.2, 0.25) is 5.02 Å². The lowest BCUT2D eigenvalue weighted by Crippen LogP contribution is -2.39. The number of urea groups is 1. The van der Waals surface area contributed by atoms with Gasteiger partial charge < -0.3 is 10.6 Å². The highest BCUT2D eigenvalue weighted by Crippen LogP contribution is 2.31. The number of carbonyl (C=O) groups excluding carboxylic acids is 2. The molecule has 0 unspecified atom stereocenters. The van der Waals surface area contributed by atoms with Gasteiger partial charge in [0.2, 0.25) is 5.91 Å². The fourth-order valence-corrected chi connectivity index (χ4v) is 4.03. The van der Waals surface area contributed by atoms with E-state index in [1.54, 1.807) is 13.0 Å². The van der Waals surface area contributed by atoms with Crippen LogP contribution in [0.15, 0.2) is 53.7 Å². The Labute approximate surface area is 176 Å². The van der Waals surface area contributed by atoms with E-state index >= 15 is 0 Å². The zero-order valence-electron chi connectivity index (χ0n) is 15.6. The Morgan fingerprint density at radius 2 is 1.97 bits per heavy atom. The molecule has 0 saturated carbocycles. The molecular formula is C20H18ClN5O2S. The summed E-state index contributed by atoms with van der Waals surface area (Å²) in [5.74, 6) is 0.340. The Bertz CT molecular complexity index is 1090. The summed E-state index contributed by atoms with van der Waals surface area (Å²) >= 11 is 7.50. The summed E-state index contributed by atoms with van der Waals surface area (Å²) in [6.07, 6.45) is 0. The number of hydrogen-bond acceptors (Lipinski definition) is 6. The molecule has 2 heterocycles. The Kier molecular flexibility index (Phi) is 5.55. The van der Waals surface area contributed by atoms with Crippen LogP contribution < -0.4 is 10.6 Å². The largest absolute Gasteiger partial charge is 0.338 e. The molecule has 1 saturated heterocycles. The highest BCUT2D eigenvalue weighted by atomic mass is 35.5. The zero-order valence-corrected chi connectivity index (χ0v) is 17.1. The van der Waals surface area contributed by atoms with Gasteiger partial charge in [-0.05, 0) is 31.2 Å². The van der Waals surface area contributed by atoms with Crippen LogP contribution in [0.4, 0.5) is 16.3 Å². The highest BCUT2D eigenvalue weighted by Gasteiger charge is 2.30. The van der Waals surface area contributed by atoms with E-state index in [0.29, 0.717) is 29.1 Å². The monoisotopic (exact) mass is 427 g/mol. The van der Waals surface area contributed by atoms with Crippen LogP contribution in [0.25, 0.3) is 10.9 Å². The molecule has 3 aromatic rings. The molecule has 1 atom stereocenters. The molecule has 0 bridgehead atoms. The van der Waals surface area contributed by atoms with Gasteiger partial charge in [0, 0.05) is 18.5 Å². The van der Waals surface area contributed by atoms with Crippen molar-refractivity contribution >= 4 is 57.7 Å². The van der Waals surface area contributed by atoms with E-state index in [2.05, 4.69) is 20.6 Å². The van der Waals surface area contributed by atoms with E-state index in [-0.39, 0.29) is 11.9 Å². The molecule has 29 heavy (non-hydrogen) atoms. The molecule has 3 amide bonds. The fourth-order valence-electron chi connectivity index (χ4n) is 3.00. The number of halogens is 1. The first-order valence-corrected chi connectivity index (χ1v) is 10.3. The first-order chi connectivity index (χ1) is 14.0. The zero-order chi connectivity index (χ0) is 20.4. The summed E-state index contributed by atoms with van der Waals surface area (Å²) in [5, 5.41) is 7.26. The molecule has 148 valence electrons. The summed E-state index contributed by atoms with van der Waals surface area (Å²) in [7, 11) is 0. The molecule has 0 aliphatic carbocycles. The summed E-state index contributed by atoms with van der Waals surface area (Å²) in [4.78, 5) is 34.8. The Hall–Kier alpha value is -2.84. The average Bonchev–Trinajstić information content (AvgIpc) is 3.15. The maximum atomic E-state index is 12.6. The first kappa shape index (κ1) is 19.5. The second kappa shape index (κ2) is 8.26. The molecule has 1 aliphatic rings. The van der Waals surface area contributed by atoms with Crippen molar-refractivity contribution in [1.29, 1.82) is 0 Å². The van der Waals surface area contributed by atoms with Crippen molar-refractivity contribution in [2.45, 2.75) is 17.3 Å². The third-order valence-corrected chi connectivity index (χ3v) is 5.74. The smallest absolute Gasteiger partial charge is 0.324 e. The number of nitrogens with one attached hydrogen (secondary N) is 2. The Balaban J connectivity index is 1.64. The molecule has 1 aromatic heterocycles. The Morgan fingerprint density at radius 1 is 1.21 bits per heavy atom. The quantitative estimate of drug-likeness (QED) is 0.471. The maximum absolute atomic E-state index is 12.6. The van der Waals surface area contributed by atoms with Gasteiger partial charge in [-0.1, -0.05) is 47.6 Å². The molecule has 4 rings (SSSR count). The second-order valence-electron chi connectivity index (χ2n) is 6.46. The van der Waals surface area contributed by atoms with Gasteiger partial charge in [0.05, 0.1) is 21.5 Å². The lowest BCUT2D eigenvalue weighted by Gasteiger charge is -2.17. The molecule has 9 heteroatoms. The number of aromatic nitrogens is 2. The summed E-state index contributed by atoms with van der Waals surface area (Å²) in [6.45, 7) is 2.60. The number of benzene rings is 2. The summed E-state index contributed by atoms with van der Waals surface area (Å²) < 4.78 is 0. The molecule has 2 aromatic carbocycles. The number of fused-ring (bicyclic) bond motifs is 1. The van der Waals surface area contributed by atoms with Crippen molar-refractivity contribution in [3.8, 4) is 0 Å². The van der Waals surface area contributed by atoms with Crippen molar-refractivity contribution in [1.82, 2.24) is 20.2 Å². The number of hydrogen-bond donors (Lipinski definition) is 2. The van der Waals surface area contributed by atoms with Crippen LogP contribution in [0.1, 0.15) is 6.92 Å². The van der Waals surface area contributed by atoms with Crippen LogP contribution in [0.3, 0.4) is 0 Å². The van der Waals surface area contributed by atoms with Gasteiger partial charge in [-0.3, -0.25) is 9.69 Å². The van der Waals surface area contributed by atoms with Crippen LogP contribution in [-0.2, 0) is 4.79 Å². The van der Waals surface area contributed by atoms with E-state index in [4.69, 9.17) is 11.6 Å². The number of carbonyl (C=O) groups is 2. The lowest BCUT2D eigenvalue weighted by atomic mass is 10.2. The van der Waals surface area contributed by atoms with E-state index in [1.165, 1.54) is 16.7 Å². The molecule has 7 nitrogen and oxygen atoms in total. The molecule has 0 radical (unpaired) electrons. The van der Waals surface area contributed by atoms with Crippen LogP contribution in [0, 0.1) is 0 Å². The predicted octanol–water partition coefficient (Wildman–Crippen LogP) is 4.06. The van der Waals surface area contributed by atoms with Crippen molar-refractivity contribution in [2.24, 2.45) is 0 Å². The van der Waals surface area contributed by atoms with Crippen molar-refractivity contribution < 1.29 is 9.59 Å². The third-order valence-electron chi connectivity index (χ3n) is 4.46. The topological polar surface area (TPSA) is 87.2 Å². The molecular weight excluding hydrogens is 410 g/mol. The van der Waals surface area contributed by atoms with E-state index < -0.39 is 5.25 Å². The molecule has 0 spiro atoms. The van der Waals surface area contributed by atoms with Crippen LogP contribution >= 0.6 is 23.4 Å². The van der Waals surface area contributed by atoms with Gasteiger partial charge in [0.1, 0.15) is 5.82 Å². The molecule has 2 N–H and O–H groups in total. The number of thioether (sulfide) groups is 1. The number of amides is 3. The summed E-state index contributed by atoms with van der Waals surface area (Å²) in [6, 6.07) is 14.7. The minimum atomic E-state index is -0.506. The van der Waals surface area contributed by atoms with Gasteiger partial charge in [-0.25, -0.2) is 14.8 Å². The van der Waals surface area contributed by atoms with Crippen molar-refractivity contribution in [3.63, 3.8) is 0 Å². The van der Waals surface area contributed by atoms with Crippen molar-refractivity contribution in [3.05, 3.63) is 53.6 Å². The molecule has 1 fully saturated rings. The van der Waals surface area contributed by atoms with Crippen LogP contribution in [-0.4, -0.2) is 45.1 Å². The predicted molar refractivity (Wildman–Crippen MR) is 115 cm³/mol. The summed E-state index contributed by atoms with van der Waals surface area (Å²) in [5.41, 5.74) is 1.48. The number of para-hydroxylation sites is 2.